The first-order valence-corrected chi connectivity index (χ1v) is 7.50. The fourth-order valence-electron chi connectivity index (χ4n) is 2.00. The minimum absolute atomic E-state index is 0.0991. The zero-order chi connectivity index (χ0) is 16.4. The number of hydrogen-bond acceptors (Lipinski definition) is 5. The summed E-state index contributed by atoms with van der Waals surface area (Å²) < 4.78 is 12.9. The van der Waals surface area contributed by atoms with Crippen LogP contribution in [-0.2, 0) is 9.59 Å². The van der Waals surface area contributed by atoms with E-state index in [0.717, 1.165) is 10.5 Å². The number of carbonyl (C=O) groups is 3. The van der Waals surface area contributed by atoms with Gasteiger partial charge in [-0.25, -0.2) is 14.2 Å². The lowest BCUT2D eigenvalue weighted by Crippen LogP contribution is -2.38. The Morgan fingerprint density at radius 2 is 2.09 bits per heavy atom. The van der Waals surface area contributed by atoms with Gasteiger partial charge in [0.1, 0.15) is 12.4 Å². The van der Waals surface area contributed by atoms with Crippen molar-refractivity contribution in [2.24, 2.45) is 0 Å². The topological polar surface area (TPSA) is 91.4 Å². The van der Waals surface area contributed by atoms with Gasteiger partial charge in [-0.15, -0.1) is 11.3 Å². The molecule has 0 aliphatic carbocycles. The maximum atomic E-state index is 12.9. The summed E-state index contributed by atoms with van der Waals surface area (Å²) in [7, 11) is 0. The van der Waals surface area contributed by atoms with E-state index in [4.69, 9.17) is 0 Å². The van der Waals surface area contributed by atoms with Gasteiger partial charge in [-0.3, -0.25) is 14.5 Å². The van der Waals surface area contributed by atoms with Gasteiger partial charge in [0.15, 0.2) is 5.13 Å². The van der Waals surface area contributed by atoms with Gasteiger partial charge in [-0.2, -0.15) is 0 Å². The third-order valence-electron chi connectivity index (χ3n) is 3.13. The molecule has 0 unspecified atom stereocenters. The second kappa shape index (κ2) is 6.13. The van der Waals surface area contributed by atoms with Crippen molar-refractivity contribution in [3.63, 3.8) is 0 Å². The summed E-state index contributed by atoms with van der Waals surface area (Å²) in [5.41, 5.74) is 1.32. The number of carbonyl (C=O) groups excluding carboxylic acids is 3. The highest BCUT2D eigenvalue weighted by Gasteiger charge is 2.30. The van der Waals surface area contributed by atoms with E-state index < -0.39 is 17.8 Å². The highest BCUT2D eigenvalue weighted by molar-refractivity contribution is 7.14. The van der Waals surface area contributed by atoms with Gasteiger partial charge >= 0.3 is 6.03 Å². The largest absolute Gasteiger partial charge is 0.329 e. The SMILES string of the molecule is O=C(CN1C(=O)CNC1=O)Nc1nc(-c2ccc(F)cc2)cs1. The van der Waals surface area contributed by atoms with E-state index in [0.29, 0.717) is 10.8 Å². The van der Waals surface area contributed by atoms with E-state index in [2.05, 4.69) is 15.6 Å². The minimum Gasteiger partial charge on any atom is -0.329 e. The third-order valence-corrected chi connectivity index (χ3v) is 3.89. The number of thiazole rings is 1. The van der Waals surface area contributed by atoms with Crippen molar-refractivity contribution in [2.45, 2.75) is 0 Å². The van der Waals surface area contributed by atoms with E-state index in [1.54, 1.807) is 17.5 Å². The molecule has 1 aliphatic heterocycles. The Morgan fingerprint density at radius 1 is 1.35 bits per heavy atom. The van der Waals surface area contributed by atoms with E-state index in [-0.39, 0.29) is 18.9 Å². The third kappa shape index (κ3) is 3.34. The van der Waals surface area contributed by atoms with Crippen molar-refractivity contribution in [1.29, 1.82) is 0 Å². The molecule has 118 valence electrons. The van der Waals surface area contributed by atoms with Crippen LogP contribution < -0.4 is 10.6 Å². The van der Waals surface area contributed by atoms with Crippen LogP contribution in [0, 0.1) is 5.82 Å². The molecule has 9 heteroatoms. The summed E-state index contributed by atoms with van der Waals surface area (Å²) in [6, 6.07) is 5.23. The molecule has 1 saturated heterocycles. The molecule has 7 nitrogen and oxygen atoms in total. The van der Waals surface area contributed by atoms with Gasteiger partial charge in [0.2, 0.25) is 5.91 Å². The summed E-state index contributed by atoms with van der Waals surface area (Å²) in [6.07, 6.45) is 0. The van der Waals surface area contributed by atoms with Gasteiger partial charge in [0, 0.05) is 10.9 Å². The Hall–Kier alpha value is -2.81. The standard InChI is InChI=1S/C14H11FN4O3S/c15-9-3-1-8(2-4-9)10-7-23-13(17-10)18-11(20)6-19-12(21)5-16-14(19)22/h1-4,7H,5-6H2,(H,16,22)(H,17,18,20). The van der Waals surface area contributed by atoms with Crippen LogP contribution in [0.25, 0.3) is 11.3 Å². The van der Waals surface area contributed by atoms with Crippen molar-refractivity contribution in [3.8, 4) is 11.3 Å². The van der Waals surface area contributed by atoms with Gasteiger partial charge < -0.3 is 10.6 Å². The molecule has 1 aromatic carbocycles. The maximum Gasteiger partial charge on any atom is 0.325 e. The number of benzene rings is 1. The molecule has 4 amide bonds. The second-order valence-corrected chi connectivity index (χ2v) is 5.59. The molecule has 2 N–H and O–H groups in total. The van der Waals surface area contributed by atoms with Crippen molar-refractivity contribution < 1.29 is 18.8 Å². The Morgan fingerprint density at radius 3 is 2.74 bits per heavy atom. The fraction of sp³-hybridized carbons (Fsp3) is 0.143. The van der Waals surface area contributed by atoms with Crippen molar-refractivity contribution in [1.82, 2.24) is 15.2 Å². The van der Waals surface area contributed by atoms with Crippen LogP contribution in [0.3, 0.4) is 0 Å². The molecule has 2 heterocycles. The highest BCUT2D eigenvalue weighted by Crippen LogP contribution is 2.25. The fourth-order valence-corrected chi connectivity index (χ4v) is 2.74. The smallest absolute Gasteiger partial charge is 0.325 e. The number of halogens is 1. The predicted molar refractivity (Wildman–Crippen MR) is 81.2 cm³/mol. The molecule has 0 bridgehead atoms. The van der Waals surface area contributed by atoms with Crippen LogP contribution in [-0.4, -0.2) is 40.8 Å². The highest BCUT2D eigenvalue weighted by atomic mass is 32.1. The van der Waals surface area contributed by atoms with Gasteiger partial charge in [0.25, 0.3) is 5.91 Å². The number of imide groups is 1. The Kier molecular flexibility index (Phi) is 4.02. The zero-order valence-corrected chi connectivity index (χ0v) is 12.5. The molecular formula is C14H11FN4O3S. The van der Waals surface area contributed by atoms with Gasteiger partial charge in [0.05, 0.1) is 12.2 Å². The van der Waals surface area contributed by atoms with E-state index in [1.807, 2.05) is 0 Å². The van der Waals surface area contributed by atoms with Crippen LogP contribution >= 0.6 is 11.3 Å². The lowest BCUT2D eigenvalue weighted by molar-refractivity contribution is -0.128. The maximum absolute atomic E-state index is 12.9. The van der Waals surface area contributed by atoms with E-state index in [9.17, 15) is 18.8 Å². The predicted octanol–water partition coefficient (Wildman–Crippen LogP) is 1.44. The molecule has 1 aliphatic rings. The zero-order valence-electron chi connectivity index (χ0n) is 11.7. The normalized spacial score (nSPS) is 14.0. The molecule has 0 saturated carbocycles. The summed E-state index contributed by atoms with van der Waals surface area (Å²) in [5, 5.41) is 6.92. The molecular weight excluding hydrogens is 323 g/mol. The summed E-state index contributed by atoms with van der Waals surface area (Å²) in [6.45, 7) is -0.464. The molecule has 2 aromatic rings. The Balaban J connectivity index is 1.64. The number of rotatable bonds is 4. The number of amides is 4. The number of hydrogen-bond donors (Lipinski definition) is 2. The van der Waals surface area contributed by atoms with Crippen molar-refractivity contribution in [3.05, 3.63) is 35.5 Å². The second-order valence-electron chi connectivity index (χ2n) is 4.73. The van der Waals surface area contributed by atoms with Crippen LogP contribution in [0.5, 0.6) is 0 Å². The first-order chi connectivity index (χ1) is 11.0. The average Bonchev–Trinajstić information content (AvgIpc) is 3.10. The van der Waals surface area contributed by atoms with Crippen LogP contribution in [0.15, 0.2) is 29.6 Å². The van der Waals surface area contributed by atoms with Crippen LogP contribution in [0.1, 0.15) is 0 Å². The monoisotopic (exact) mass is 334 g/mol. The van der Waals surface area contributed by atoms with E-state index in [1.165, 1.54) is 23.5 Å². The summed E-state index contributed by atoms with van der Waals surface area (Å²) in [5.74, 6) is -1.31. The number of aromatic nitrogens is 1. The molecule has 1 fully saturated rings. The number of anilines is 1. The quantitative estimate of drug-likeness (QED) is 0.828. The lowest BCUT2D eigenvalue weighted by Gasteiger charge is -2.10. The Labute approximate surface area is 134 Å². The molecule has 1 aromatic heterocycles. The van der Waals surface area contributed by atoms with Gasteiger partial charge in [-0.05, 0) is 24.3 Å². The van der Waals surface area contributed by atoms with Gasteiger partial charge in [-0.1, -0.05) is 0 Å². The van der Waals surface area contributed by atoms with Crippen molar-refractivity contribution in [2.75, 3.05) is 18.4 Å². The molecule has 23 heavy (non-hydrogen) atoms. The van der Waals surface area contributed by atoms with Crippen LogP contribution in [0.2, 0.25) is 0 Å². The summed E-state index contributed by atoms with van der Waals surface area (Å²) in [4.78, 5) is 39.7. The molecule has 0 radical (unpaired) electrons. The average molecular weight is 334 g/mol. The molecule has 0 atom stereocenters. The number of nitrogens with one attached hydrogen (secondary N) is 2. The Bertz CT molecular complexity index is 759. The first kappa shape index (κ1) is 15.1. The summed E-state index contributed by atoms with van der Waals surface area (Å²) >= 11 is 1.20. The lowest BCUT2D eigenvalue weighted by atomic mass is 10.2. The molecule has 0 spiro atoms. The molecule has 3 rings (SSSR count). The number of nitrogens with zero attached hydrogens (tertiary/aromatic N) is 2. The minimum atomic E-state index is -0.587. The van der Waals surface area contributed by atoms with Crippen LogP contribution in [0.4, 0.5) is 14.3 Å². The van der Waals surface area contributed by atoms with E-state index >= 15 is 0 Å². The first-order valence-electron chi connectivity index (χ1n) is 6.62. The van der Waals surface area contributed by atoms with Crippen molar-refractivity contribution >= 4 is 34.3 Å². The number of urea groups is 1.